The minimum atomic E-state index is -0.319. The number of benzene rings is 3. The molecule has 0 fully saturated rings. The van der Waals surface area contributed by atoms with Crippen LogP contribution in [0.5, 0.6) is 0 Å². The van der Waals surface area contributed by atoms with Gasteiger partial charge in [0.05, 0.1) is 11.0 Å². The Morgan fingerprint density at radius 1 is 0.857 bits per heavy atom. The first-order valence-corrected chi connectivity index (χ1v) is 7.16. The molecule has 4 aromatic rings. The summed E-state index contributed by atoms with van der Waals surface area (Å²) in [6.45, 7) is 6.17. The molecule has 0 unspecified atom stereocenters. The van der Waals surface area contributed by atoms with Crippen molar-refractivity contribution in [2.45, 2.75) is 26.3 Å². The zero-order valence-electron chi connectivity index (χ0n) is 16.4. The van der Waals surface area contributed by atoms with Crippen molar-refractivity contribution in [3.8, 4) is 0 Å². The summed E-state index contributed by atoms with van der Waals surface area (Å²) in [4.78, 5) is 0. The van der Waals surface area contributed by atoms with Crippen LogP contribution in [0.25, 0.3) is 32.6 Å². The smallest absolute Gasteiger partial charge is 0.0645 e. The fourth-order valence-electron chi connectivity index (χ4n) is 3.18. The van der Waals surface area contributed by atoms with Crippen molar-refractivity contribution in [3.63, 3.8) is 0 Å². The minimum absolute atomic E-state index is 0.0196. The van der Waals surface area contributed by atoms with Gasteiger partial charge in [-0.3, -0.25) is 0 Å². The molecule has 0 amide bonds. The Kier molecular flexibility index (Phi) is 1.74. The molecule has 0 N–H and O–H groups in total. The number of nitrogens with zero attached hydrogens (tertiary/aromatic N) is 1. The third kappa shape index (κ3) is 1.70. The molecule has 0 radical (unpaired) electrons. The normalized spacial score (nSPS) is 15.2. The van der Waals surface area contributed by atoms with E-state index in [1.807, 2.05) is 34.9 Å². The summed E-state index contributed by atoms with van der Waals surface area (Å²) in [5.74, 6) is 0. The van der Waals surface area contributed by atoms with Crippen LogP contribution in [0.15, 0.2) is 60.6 Å². The molecule has 0 spiro atoms. The van der Waals surface area contributed by atoms with Gasteiger partial charge < -0.3 is 4.57 Å². The molecule has 104 valence electrons. The summed E-state index contributed by atoms with van der Waals surface area (Å²) in [5.41, 5.74) is 1.19. The van der Waals surface area contributed by atoms with E-state index in [1.54, 1.807) is 0 Å². The summed E-state index contributed by atoms with van der Waals surface area (Å²) < 4.78 is 35.2. The number of fused-ring (bicyclic) bond motifs is 5. The van der Waals surface area contributed by atoms with E-state index in [0.717, 1.165) is 21.7 Å². The maximum Gasteiger partial charge on any atom is 0.0645 e. The van der Waals surface area contributed by atoms with Crippen molar-refractivity contribution in [2.24, 2.45) is 0 Å². The summed E-state index contributed by atoms with van der Waals surface area (Å²) in [6.07, 6.45) is 0. The zero-order chi connectivity index (χ0) is 18.1. The summed E-state index contributed by atoms with van der Waals surface area (Å²) in [7, 11) is 0. The van der Waals surface area contributed by atoms with Gasteiger partial charge in [-0.25, -0.2) is 0 Å². The summed E-state index contributed by atoms with van der Waals surface area (Å²) in [5, 5.41) is 3.58. The molecule has 0 bridgehead atoms. The maximum absolute atomic E-state index is 8.50. The van der Waals surface area contributed by atoms with E-state index in [0.29, 0.717) is 10.9 Å². The Morgan fingerprint density at radius 2 is 1.62 bits per heavy atom. The summed E-state index contributed by atoms with van der Waals surface area (Å²) >= 11 is 0. The molecule has 1 heterocycles. The van der Waals surface area contributed by atoms with Crippen LogP contribution < -0.4 is 0 Å². The molecular weight excluding hydrogens is 254 g/mol. The molecule has 1 nitrogen and oxygen atoms in total. The molecule has 0 saturated carbocycles. The highest BCUT2D eigenvalue weighted by Gasteiger charge is 2.20. The van der Waals surface area contributed by atoms with E-state index in [1.165, 1.54) is 0 Å². The first-order chi connectivity index (χ1) is 11.7. The third-order valence-electron chi connectivity index (χ3n) is 3.96. The highest BCUT2D eigenvalue weighted by Crippen LogP contribution is 2.37. The molecule has 1 aromatic heterocycles. The Morgan fingerprint density at radius 3 is 2.43 bits per heavy atom. The Labute approximate surface area is 130 Å². The molecular formula is C20H19N. The van der Waals surface area contributed by atoms with Crippen LogP contribution in [0.3, 0.4) is 0 Å². The fourth-order valence-corrected chi connectivity index (χ4v) is 3.18. The largest absolute Gasteiger partial charge is 0.335 e. The van der Waals surface area contributed by atoms with Crippen molar-refractivity contribution >= 4 is 32.6 Å². The second-order valence-corrected chi connectivity index (χ2v) is 6.41. The first-order valence-electron chi connectivity index (χ1n) is 9.16. The molecule has 0 aliphatic carbocycles. The number of aromatic nitrogens is 1. The average molecular weight is 277 g/mol. The van der Waals surface area contributed by atoms with Crippen LogP contribution in [0.4, 0.5) is 0 Å². The number of hydrogen-bond acceptors (Lipinski definition) is 0. The lowest BCUT2D eigenvalue weighted by Gasteiger charge is -2.24. The van der Waals surface area contributed by atoms with E-state index < -0.39 is 0 Å². The van der Waals surface area contributed by atoms with Gasteiger partial charge in [-0.1, -0.05) is 48.5 Å². The van der Waals surface area contributed by atoms with Crippen molar-refractivity contribution < 1.29 is 5.48 Å². The van der Waals surface area contributed by atoms with Crippen LogP contribution in [-0.4, -0.2) is 4.57 Å². The van der Waals surface area contributed by atoms with Crippen LogP contribution in [0.1, 0.15) is 26.3 Å². The monoisotopic (exact) mass is 277 g/mol. The SMILES string of the molecule is [2H]c1c([2H])c([2H])c2c(c1[2H])c1c3ccccc3ccc1n2C(C)(C)C. The second-order valence-electron chi connectivity index (χ2n) is 6.41. The van der Waals surface area contributed by atoms with E-state index >= 15 is 0 Å². The van der Waals surface area contributed by atoms with E-state index in [2.05, 4.69) is 26.8 Å². The van der Waals surface area contributed by atoms with E-state index in [-0.39, 0.29) is 29.7 Å². The lowest BCUT2D eigenvalue weighted by Crippen LogP contribution is -2.21. The van der Waals surface area contributed by atoms with Gasteiger partial charge in [-0.2, -0.15) is 0 Å². The maximum atomic E-state index is 8.50. The lowest BCUT2D eigenvalue weighted by molar-refractivity contribution is 0.423. The number of para-hydroxylation sites is 1. The van der Waals surface area contributed by atoms with Crippen LogP contribution in [0.2, 0.25) is 0 Å². The Hall–Kier alpha value is -2.28. The molecule has 1 heteroatoms. The molecule has 0 aliphatic rings. The topological polar surface area (TPSA) is 4.93 Å². The molecule has 0 aliphatic heterocycles. The highest BCUT2D eigenvalue weighted by molar-refractivity contribution is 6.20. The molecule has 3 aromatic carbocycles. The van der Waals surface area contributed by atoms with E-state index in [4.69, 9.17) is 5.48 Å². The fraction of sp³-hybridized carbons (Fsp3) is 0.200. The second kappa shape index (κ2) is 4.11. The molecule has 4 rings (SSSR count). The highest BCUT2D eigenvalue weighted by atomic mass is 15.0. The summed E-state index contributed by atoms with van der Waals surface area (Å²) in [6, 6.07) is 11.7. The van der Waals surface area contributed by atoms with Crippen molar-refractivity contribution in [3.05, 3.63) is 60.6 Å². The predicted octanol–water partition coefficient (Wildman–Crippen LogP) is 5.70. The van der Waals surface area contributed by atoms with Crippen molar-refractivity contribution in [2.75, 3.05) is 0 Å². The van der Waals surface area contributed by atoms with Crippen molar-refractivity contribution in [1.29, 1.82) is 0 Å². The number of hydrogen-bond donors (Lipinski definition) is 0. The molecule has 21 heavy (non-hydrogen) atoms. The molecule has 0 saturated heterocycles. The van der Waals surface area contributed by atoms with Crippen LogP contribution >= 0.6 is 0 Å². The van der Waals surface area contributed by atoms with Gasteiger partial charge in [-0.15, -0.1) is 0 Å². The predicted molar refractivity (Wildman–Crippen MR) is 91.9 cm³/mol. The first kappa shape index (κ1) is 8.89. The zero-order valence-corrected chi connectivity index (χ0v) is 12.4. The van der Waals surface area contributed by atoms with Gasteiger partial charge >= 0.3 is 0 Å². The van der Waals surface area contributed by atoms with Crippen molar-refractivity contribution in [1.82, 2.24) is 4.57 Å². The van der Waals surface area contributed by atoms with Gasteiger partial charge in [0.1, 0.15) is 0 Å². The average Bonchev–Trinajstić information content (AvgIpc) is 2.94. The standard InChI is InChI=1S/C20H19N/c1-20(2,3)21-17-11-7-6-10-16(17)19-15-9-5-4-8-14(15)12-13-18(19)21/h4-13H,1-3H3/i6D,7D,10D,11D. The van der Waals surface area contributed by atoms with E-state index in [9.17, 15) is 0 Å². The van der Waals surface area contributed by atoms with Crippen LogP contribution in [-0.2, 0) is 5.54 Å². The minimum Gasteiger partial charge on any atom is -0.335 e. The van der Waals surface area contributed by atoms with Gasteiger partial charge in [0.15, 0.2) is 0 Å². The Balaban J connectivity index is 2.45. The Bertz CT molecular complexity index is 1170. The van der Waals surface area contributed by atoms with Gasteiger partial charge in [0.2, 0.25) is 0 Å². The third-order valence-corrected chi connectivity index (χ3v) is 3.96. The number of rotatable bonds is 0. The quantitative estimate of drug-likeness (QED) is 0.388. The molecule has 0 atom stereocenters. The van der Waals surface area contributed by atoms with Gasteiger partial charge in [0.25, 0.3) is 0 Å². The lowest BCUT2D eigenvalue weighted by atomic mass is 10.0. The van der Waals surface area contributed by atoms with Gasteiger partial charge in [0, 0.05) is 21.8 Å². The van der Waals surface area contributed by atoms with Gasteiger partial charge in [-0.05, 0) is 43.7 Å². The van der Waals surface area contributed by atoms with Crippen LogP contribution in [0, 0.1) is 0 Å².